The third-order valence-corrected chi connectivity index (χ3v) is 7.49. The molecule has 7 nitrogen and oxygen atoms in total. The topological polar surface area (TPSA) is 88.9 Å². The van der Waals surface area contributed by atoms with Gasteiger partial charge in [-0.05, 0) is 81.3 Å². The van der Waals surface area contributed by atoms with Crippen LogP contribution in [-0.4, -0.2) is 36.3 Å². The van der Waals surface area contributed by atoms with E-state index in [-0.39, 0.29) is 22.8 Å². The average molecular weight is 576 g/mol. The van der Waals surface area contributed by atoms with Crippen LogP contribution >= 0.6 is 0 Å². The quantitative estimate of drug-likeness (QED) is 0.181. The summed E-state index contributed by atoms with van der Waals surface area (Å²) in [5, 5.41) is 7.89. The van der Waals surface area contributed by atoms with Crippen molar-refractivity contribution in [3.05, 3.63) is 84.4 Å². The summed E-state index contributed by atoms with van der Waals surface area (Å²) in [6, 6.07) is 13.2. The number of rotatable bonds is 9. The second-order valence-electron chi connectivity index (χ2n) is 10.1. The van der Waals surface area contributed by atoms with Gasteiger partial charge in [-0.15, -0.1) is 0 Å². The van der Waals surface area contributed by atoms with Gasteiger partial charge in [-0.2, -0.15) is 18.3 Å². The van der Waals surface area contributed by atoms with Crippen molar-refractivity contribution in [1.82, 2.24) is 19.5 Å². The number of nitrogens with one attached hydrogen (secondary N) is 2. The SMILES string of the molecule is CC(C)(C)n1cc(-c2ccnc(NCCCNS(=O)(=O)c3ccc(C(F)(F)F)cc3)c2)c(-c2cccc(F)c2)n1. The summed E-state index contributed by atoms with van der Waals surface area (Å²) >= 11 is 0. The molecule has 40 heavy (non-hydrogen) atoms. The molecule has 0 aliphatic carbocycles. The predicted molar refractivity (Wildman–Crippen MR) is 146 cm³/mol. The first kappa shape index (κ1) is 29.2. The molecule has 0 saturated heterocycles. The van der Waals surface area contributed by atoms with Gasteiger partial charge in [0.25, 0.3) is 0 Å². The Morgan fingerprint density at radius 1 is 0.925 bits per heavy atom. The molecule has 0 unspecified atom stereocenters. The van der Waals surface area contributed by atoms with Gasteiger partial charge in [-0.1, -0.05) is 12.1 Å². The number of anilines is 1. The number of nitrogens with zero attached hydrogens (tertiary/aromatic N) is 3. The van der Waals surface area contributed by atoms with Crippen LogP contribution in [0.15, 0.2) is 78.0 Å². The molecule has 0 fully saturated rings. The molecule has 0 bridgehead atoms. The zero-order chi connectivity index (χ0) is 29.1. The summed E-state index contributed by atoms with van der Waals surface area (Å²) in [6.45, 7) is 6.50. The molecule has 12 heteroatoms. The van der Waals surface area contributed by atoms with E-state index in [9.17, 15) is 26.0 Å². The second-order valence-corrected chi connectivity index (χ2v) is 11.9. The van der Waals surface area contributed by atoms with Crippen LogP contribution in [0.5, 0.6) is 0 Å². The Hall–Kier alpha value is -3.77. The largest absolute Gasteiger partial charge is 0.416 e. The van der Waals surface area contributed by atoms with E-state index >= 15 is 0 Å². The van der Waals surface area contributed by atoms with Crippen LogP contribution < -0.4 is 10.0 Å². The highest BCUT2D eigenvalue weighted by molar-refractivity contribution is 7.89. The molecule has 0 atom stereocenters. The highest BCUT2D eigenvalue weighted by Gasteiger charge is 2.30. The third-order valence-electron chi connectivity index (χ3n) is 6.01. The molecular formula is C28H29F4N5O2S. The first-order valence-electron chi connectivity index (χ1n) is 12.5. The molecule has 0 aliphatic rings. The fourth-order valence-corrected chi connectivity index (χ4v) is 4.96. The standard InChI is InChI=1S/C28H29F4N5O2S/c1-27(2,3)37-18-24(26(36-37)20-6-4-7-22(29)16-20)19-12-15-34-25(17-19)33-13-5-14-35-40(38,39)23-10-8-21(9-11-23)28(30,31)32/h4,6-12,15-18,35H,5,13-14H2,1-3H3,(H,33,34). The normalized spacial score (nSPS) is 12.5. The number of aromatic nitrogens is 3. The van der Waals surface area contributed by atoms with Gasteiger partial charge in [0.15, 0.2) is 0 Å². The van der Waals surface area contributed by atoms with Gasteiger partial charge in [0, 0.05) is 36.6 Å². The van der Waals surface area contributed by atoms with E-state index in [1.807, 2.05) is 43.8 Å². The Morgan fingerprint density at radius 3 is 2.30 bits per heavy atom. The minimum Gasteiger partial charge on any atom is -0.370 e. The summed E-state index contributed by atoms with van der Waals surface area (Å²) in [5.41, 5.74) is 1.67. The van der Waals surface area contributed by atoms with Crippen LogP contribution in [0.1, 0.15) is 32.8 Å². The van der Waals surface area contributed by atoms with E-state index in [4.69, 9.17) is 5.10 Å². The summed E-state index contributed by atoms with van der Waals surface area (Å²) in [7, 11) is -3.95. The molecule has 0 radical (unpaired) electrons. The lowest BCUT2D eigenvalue weighted by molar-refractivity contribution is -0.137. The molecule has 2 aromatic heterocycles. The fraction of sp³-hybridized carbons (Fsp3) is 0.286. The van der Waals surface area contributed by atoms with Crippen molar-refractivity contribution in [2.24, 2.45) is 0 Å². The molecule has 0 amide bonds. The molecule has 2 N–H and O–H groups in total. The van der Waals surface area contributed by atoms with E-state index in [0.29, 0.717) is 30.0 Å². The van der Waals surface area contributed by atoms with Gasteiger partial charge in [0.05, 0.1) is 16.0 Å². The van der Waals surface area contributed by atoms with Gasteiger partial charge in [0.2, 0.25) is 10.0 Å². The highest BCUT2D eigenvalue weighted by Crippen LogP contribution is 2.34. The molecule has 0 spiro atoms. The second kappa shape index (κ2) is 11.4. The maximum absolute atomic E-state index is 14.0. The monoisotopic (exact) mass is 575 g/mol. The van der Waals surface area contributed by atoms with Crippen molar-refractivity contribution >= 4 is 15.8 Å². The third kappa shape index (κ3) is 7.05. The van der Waals surface area contributed by atoms with E-state index in [0.717, 1.165) is 35.4 Å². The van der Waals surface area contributed by atoms with Crippen molar-refractivity contribution in [1.29, 1.82) is 0 Å². The van der Waals surface area contributed by atoms with Crippen LogP contribution in [0, 0.1) is 5.82 Å². The predicted octanol–water partition coefficient (Wildman–Crippen LogP) is 6.31. The van der Waals surface area contributed by atoms with Gasteiger partial charge >= 0.3 is 6.18 Å². The highest BCUT2D eigenvalue weighted by atomic mass is 32.2. The number of hydrogen-bond acceptors (Lipinski definition) is 5. The Labute approximate surface area is 230 Å². The fourth-order valence-electron chi connectivity index (χ4n) is 3.89. The number of hydrogen-bond donors (Lipinski definition) is 2. The summed E-state index contributed by atoms with van der Waals surface area (Å²) < 4.78 is 81.2. The number of halogens is 4. The molecule has 4 rings (SSSR count). The Morgan fingerprint density at radius 2 is 1.65 bits per heavy atom. The molecule has 2 heterocycles. The minimum atomic E-state index is -4.54. The van der Waals surface area contributed by atoms with Crippen molar-refractivity contribution in [3.8, 4) is 22.4 Å². The van der Waals surface area contributed by atoms with E-state index in [2.05, 4.69) is 15.0 Å². The van der Waals surface area contributed by atoms with Gasteiger partial charge in [0.1, 0.15) is 17.3 Å². The lowest BCUT2D eigenvalue weighted by Gasteiger charge is -2.18. The molecule has 4 aromatic rings. The smallest absolute Gasteiger partial charge is 0.370 e. The molecule has 0 saturated carbocycles. The van der Waals surface area contributed by atoms with Crippen LogP contribution in [0.2, 0.25) is 0 Å². The minimum absolute atomic E-state index is 0.0676. The first-order valence-corrected chi connectivity index (χ1v) is 14.0. The Balaban J connectivity index is 1.42. The Bertz CT molecular complexity index is 1580. The maximum Gasteiger partial charge on any atom is 0.416 e. The first-order chi connectivity index (χ1) is 18.7. The van der Waals surface area contributed by atoms with Crippen molar-refractivity contribution in [3.63, 3.8) is 0 Å². The molecule has 2 aromatic carbocycles. The Kier molecular flexibility index (Phi) is 8.31. The van der Waals surface area contributed by atoms with Crippen molar-refractivity contribution < 1.29 is 26.0 Å². The van der Waals surface area contributed by atoms with Crippen LogP contribution in [-0.2, 0) is 21.7 Å². The van der Waals surface area contributed by atoms with Crippen molar-refractivity contribution in [2.75, 3.05) is 18.4 Å². The van der Waals surface area contributed by atoms with Gasteiger partial charge < -0.3 is 5.32 Å². The lowest BCUT2D eigenvalue weighted by Crippen LogP contribution is -2.26. The van der Waals surface area contributed by atoms with Crippen LogP contribution in [0.3, 0.4) is 0 Å². The van der Waals surface area contributed by atoms with Crippen molar-refractivity contribution in [2.45, 2.75) is 43.8 Å². The number of benzene rings is 2. The van der Waals surface area contributed by atoms with Gasteiger partial charge in [-0.25, -0.2) is 22.5 Å². The average Bonchev–Trinajstić information content (AvgIpc) is 3.35. The zero-order valence-corrected chi connectivity index (χ0v) is 22.9. The molecule has 212 valence electrons. The van der Waals surface area contributed by atoms with E-state index < -0.39 is 21.8 Å². The van der Waals surface area contributed by atoms with E-state index in [1.165, 1.54) is 12.1 Å². The number of pyridine rings is 1. The summed E-state index contributed by atoms with van der Waals surface area (Å²) in [6.07, 6.45) is -0.604. The summed E-state index contributed by atoms with van der Waals surface area (Å²) in [5.74, 6) is 0.191. The summed E-state index contributed by atoms with van der Waals surface area (Å²) in [4.78, 5) is 4.09. The lowest BCUT2D eigenvalue weighted by atomic mass is 10.0. The van der Waals surface area contributed by atoms with Crippen LogP contribution in [0.4, 0.5) is 23.4 Å². The zero-order valence-electron chi connectivity index (χ0n) is 22.1. The number of alkyl halides is 3. The van der Waals surface area contributed by atoms with Gasteiger partial charge in [-0.3, -0.25) is 4.68 Å². The maximum atomic E-state index is 14.0. The number of sulfonamides is 1. The molecular weight excluding hydrogens is 546 g/mol. The van der Waals surface area contributed by atoms with Crippen LogP contribution in [0.25, 0.3) is 22.4 Å². The van der Waals surface area contributed by atoms with E-state index in [1.54, 1.807) is 18.3 Å². The molecule has 0 aliphatic heterocycles.